The summed E-state index contributed by atoms with van der Waals surface area (Å²) in [6, 6.07) is 7.44. The van der Waals surface area contributed by atoms with E-state index < -0.39 is 0 Å². The van der Waals surface area contributed by atoms with Crippen LogP contribution < -0.4 is 9.47 Å². The van der Waals surface area contributed by atoms with Gasteiger partial charge in [-0.15, -0.1) is 0 Å². The maximum Gasteiger partial charge on any atom is 0.311 e. The molecule has 0 aromatic heterocycles. The summed E-state index contributed by atoms with van der Waals surface area (Å²) in [7, 11) is 0. The molecule has 4 saturated carbocycles. The Bertz CT molecular complexity index is 628. The predicted octanol–water partition coefficient (Wildman–Crippen LogP) is 5.11. The number of ether oxygens (including phenoxy) is 2. The Kier molecular flexibility index (Phi) is 4.14. The van der Waals surface area contributed by atoms with E-state index in [0.717, 1.165) is 18.3 Å². The summed E-state index contributed by atoms with van der Waals surface area (Å²) in [6.07, 6.45) is 7.97. The third kappa shape index (κ3) is 3.10. The van der Waals surface area contributed by atoms with Gasteiger partial charge in [-0.05, 0) is 74.8 Å². The van der Waals surface area contributed by atoms with Crippen LogP contribution in [0.5, 0.6) is 11.5 Å². The van der Waals surface area contributed by atoms with Crippen LogP contribution in [0, 0.1) is 17.3 Å². The summed E-state index contributed by atoms with van der Waals surface area (Å²) in [4.78, 5) is 12.7. The van der Waals surface area contributed by atoms with Crippen molar-refractivity contribution in [3.05, 3.63) is 24.3 Å². The lowest BCUT2D eigenvalue weighted by Gasteiger charge is -2.60. The van der Waals surface area contributed by atoms with E-state index in [0.29, 0.717) is 24.5 Å². The van der Waals surface area contributed by atoms with Crippen molar-refractivity contribution in [1.82, 2.24) is 0 Å². The molecule has 1 aromatic rings. The van der Waals surface area contributed by atoms with Gasteiger partial charge in [-0.1, -0.05) is 28.1 Å². The fourth-order valence-electron chi connectivity index (χ4n) is 5.82. The van der Waals surface area contributed by atoms with Gasteiger partial charge in [0.2, 0.25) is 0 Å². The number of esters is 1. The molecule has 130 valence electrons. The van der Waals surface area contributed by atoms with Gasteiger partial charge in [0.15, 0.2) is 11.5 Å². The van der Waals surface area contributed by atoms with Crippen LogP contribution in [0.4, 0.5) is 0 Å². The van der Waals surface area contributed by atoms with Crippen LogP contribution in [0.25, 0.3) is 0 Å². The van der Waals surface area contributed by atoms with Crippen molar-refractivity contribution in [2.75, 3.05) is 6.61 Å². The van der Waals surface area contributed by atoms with Gasteiger partial charge in [-0.25, -0.2) is 0 Å². The lowest BCUT2D eigenvalue weighted by atomic mass is 9.49. The molecule has 4 aliphatic rings. The Morgan fingerprint density at radius 1 is 1.17 bits per heavy atom. The molecule has 0 saturated heterocycles. The van der Waals surface area contributed by atoms with Crippen LogP contribution in [0.1, 0.15) is 51.9 Å². The monoisotopic (exact) mass is 392 g/mol. The van der Waals surface area contributed by atoms with E-state index in [4.69, 9.17) is 9.47 Å². The predicted molar refractivity (Wildman–Crippen MR) is 96.6 cm³/mol. The van der Waals surface area contributed by atoms with Gasteiger partial charge >= 0.3 is 5.97 Å². The van der Waals surface area contributed by atoms with Gasteiger partial charge in [-0.3, -0.25) is 4.79 Å². The normalized spacial score (nSPS) is 36.6. The maximum absolute atomic E-state index is 12.7. The van der Waals surface area contributed by atoms with E-state index in [9.17, 15) is 4.79 Å². The molecule has 24 heavy (non-hydrogen) atoms. The van der Waals surface area contributed by atoms with Crippen LogP contribution in [-0.2, 0) is 4.79 Å². The molecule has 4 heteroatoms. The number of hydrogen-bond acceptors (Lipinski definition) is 3. The fourth-order valence-corrected chi connectivity index (χ4v) is 7.33. The quantitative estimate of drug-likeness (QED) is 0.396. The molecule has 2 unspecified atom stereocenters. The van der Waals surface area contributed by atoms with Crippen LogP contribution >= 0.6 is 15.9 Å². The van der Waals surface area contributed by atoms with Crippen molar-refractivity contribution in [2.45, 2.75) is 56.2 Å². The summed E-state index contributed by atoms with van der Waals surface area (Å²) in [5.74, 6) is 2.65. The number of halogens is 1. The molecule has 0 amide bonds. The molecule has 0 spiro atoms. The van der Waals surface area contributed by atoms with Gasteiger partial charge in [-0.2, -0.15) is 0 Å². The molecule has 5 rings (SSSR count). The van der Waals surface area contributed by atoms with Crippen molar-refractivity contribution in [1.29, 1.82) is 0 Å². The number of carbonyl (C=O) groups is 1. The Hall–Kier alpha value is -1.03. The second-order valence-corrected chi connectivity index (χ2v) is 9.82. The third-order valence-corrected chi connectivity index (χ3v) is 6.93. The second kappa shape index (κ2) is 6.05. The molecule has 4 atom stereocenters. The van der Waals surface area contributed by atoms with Crippen LogP contribution in [0.15, 0.2) is 24.3 Å². The van der Waals surface area contributed by atoms with Crippen molar-refractivity contribution in [3.63, 3.8) is 0 Å². The molecular weight excluding hydrogens is 368 g/mol. The van der Waals surface area contributed by atoms with Crippen LogP contribution in [0.3, 0.4) is 0 Å². The van der Waals surface area contributed by atoms with Crippen LogP contribution in [-0.4, -0.2) is 16.9 Å². The zero-order valence-electron chi connectivity index (χ0n) is 14.2. The van der Waals surface area contributed by atoms with Gasteiger partial charge in [0.25, 0.3) is 0 Å². The summed E-state index contributed by atoms with van der Waals surface area (Å²) >= 11 is 4.01. The number of para-hydroxylation sites is 2. The molecule has 4 bridgehead atoms. The summed E-state index contributed by atoms with van der Waals surface area (Å²) < 4.78 is 11.5. The zero-order chi connectivity index (χ0) is 16.8. The van der Waals surface area contributed by atoms with Gasteiger partial charge < -0.3 is 9.47 Å². The summed E-state index contributed by atoms with van der Waals surface area (Å²) in [5.41, 5.74) is 0.144. The van der Waals surface area contributed by atoms with Gasteiger partial charge in [0, 0.05) is 4.32 Å². The molecule has 4 aliphatic carbocycles. The Balaban J connectivity index is 1.47. The molecular formula is C20H25BrO3. The zero-order valence-corrected chi connectivity index (χ0v) is 15.8. The summed E-state index contributed by atoms with van der Waals surface area (Å²) in [5, 5.41) is 0. The number of rotatable bonds is 5. The standard InChI is InChI=1S/C20H25BrO3/c1-2-23-16-5-3-4-6-17(16)24-18(22)12-19-8-14-7-15(9-19)11-20(21,10-14)13-19/h3-6,14-15H,2,7-13H2,1H3/t14-,15+,19?,20?. The number of hydrogen-bond donors (Lipinski definition) is 0. The molecule has 1 aromatic carbocycles. The van der Waals surface area contributed by atoms with Crippen molar-refractivity contribution in [3.8, 4) is 11.5 Å². The minimum absolute atomic E-state index is 0.111. The molecule has 3 nitrogen and oxygen atoms in total. The summed E-state index contributed by atoms with van der Waals surface area (Å²) in [6.45, 7) is 2.50. The molecule has 0 heterocycles. The van der Waals surface area contributed by atoms with Gasteiger partial charge in [0.1, 0.15) is 0 Å². The van der Waals surface area contributed by atoms with Crippen molar-refractivity contribution < 1.29 is 14.3 Å². The van der Waals surface area contributed by atoms with E-state index in [2.05, 4.69) is 15.9 Å². The first-order valence-corrected chi connectivity index (χ1v) is 9.90. The topological polar surface area (TPSA) is 35.5 Å². The first kappa shape index (κ1) is 16.4. The highest BCUT2D eigenvalue weighted by Crippen LogP contribution is 2.65. The number of carbonyl (C=O) groups excluding carboxylic acids is 1. The van der Waals surface area contributed by atoms with E-state index in [1.54, 1.807) is 0 Å². The highest BCUT2D eigenvalue weighted by molar-refractivity contribution is 9.10. The molecule has 0 radical (unpaired) electrons. The third-order valence-electron chi connectivity index (χ3n) is 6.00. The lowest BCUT2D eigenvalue weighted by Crippen LogP contribution is -2.53. The maximum atomic E-state index is 12.7. The Morgan fingerprint density at radius 3 is 2.46 bits per heavy atom. The molecule has 0 aliphatic heterocycles. The van der Waals surface area contributed by atoms with Crippen LogP contribution in [0.2, 0.25) is 0 Å². The first-order chi connectivity index (χ1) is 11.5. The minimum Gasteiger partial charge on any atom is -0.490 e. The molecule has 0 N–H and O–H groups in total. The Labute approximate surface area is 152 Å². The van der Waals surface area contributed by atoms with Crippen molar-refractivity contribution >= 4 is 21.9 Å². The first-order valence-electron chi connectivity index (χ1n) is 9.11. The number of alkyl halides is 1. The average molecular weight is 393 g/mol. The van der Waals surface area contributed by atoms with Gasteiger partial charge in [0.05, 0.1) is 13.0 Å². The smallest absolute Gasteiger partial charge is 0.311 e. The fraction of sp³-hybridized carbons (Fsp3) is 0.650. The van der Waals surface area contributed by atoms with E-state index in [1.807, 2.05) is 31.2 Å². The van der Waals surface area contributed by atoms with Crippen molar-refractivity contribution in [2.24, 2.45) is 17.3 Å². The van der Waals surface area contributed by atoms with E-state index >= 15 is 0 Å². The lowest BCUT2D eigenvalue weighted by molar-refractivity contribution is -0.141. The molecule has 4 fully saturated rings. The largest absolute Gasteiger partial charge is 0.490 e. The second-order valence-electron chi connectivity index (χ2n) is 8.14. The SMILES string of the molecule is CCOc1ccccc1OC(=O)CC12C[C@@H]3C[C@@H](CC(Br)(C3)C1)C2. The Morgan fingerprint density at radius 2 is 1.83 bits per heavy atom. The average Bonchev–Trinajstić information content (AvgIpc) is 2.46. The van der Waals surface area contributed by atoms with E-state index in [-0.39, 0.29) is 15.7 Å². The highest BCUT2D eigenvalue weighted by atomic mass is 79.9. The minimum atomic E-state index is -0.111. The van der Waals surface area contributed by atoms with E-state index in [1.165, 1.54) is 32.1 Å². The number of benzene rings is 1. The highest BCUT2D eigenvalue weighted by Gasteiger charge is 2.57.